The molecule has 0 saturated carbocycles. The van der Waals surface area contributed by atoms with Gasteiger partial charge in [-0.05, 0) is 49.2 Å². The Hall–Kier alpha value is -3.68. The molecule has 0 radical (unpaired) electrons. The number of nitrogens with two attached hydrogens (primary N) is 1. The van der Waals surface area contributed by atoms with E-state index in [1.54, 1.807) is 48.5 Å². The standard InChI is InChI=1S/C22H23N5O3/c1-30-17-9-7-16(8-10-17)27-21(23)18(13-25-27)20(28)15-5-4-12-26(14-15)22(29)19-6-2-3-11-24-19/h2-3,6-11,13,15H,4-5,12,14,23H2,1H3. The Balaban J connectivity index is 1.51. The molecular formula is C22H23N5O3. The fraction of sp³-hybridized carbons (Fsp3) is 0.273. The summed E-state index contributed by atoms with van der Waals surface area (Å²) < 4.78 is 6.70. The number of hydrogen-bond acceptors (Lipinski definition) is 6. The number of ketones is 1. The number of benzene rings is 1. The lowest BCUT2D eigenvalue weighted by molar-refractivity contribution is 0.0632. The number of amides is 1. The van der Waals surface area contributed by atoms with E-state index >= 15 is 0 Å². The molecule has 1 aliphatic heterocycles. The predicted molar refractivity (Wildman–Crippen MR) is 112 cm³/mol. The number of nitrogen functional groups attached to an aromatic ring is 1. The van der Waals surface area contributed by atoms with Gasteiger partial charge in [0.15, 0.2) is 5.78 Å². The van der Waals surface area contributed by atoms with Crippen molar-refractivity contribution in [1.29, 1.82) is 0 Å². The number of piperidine rings is 1. The van der Waals surface area contributed by atoms with Crippen LogP contribution in [0.3, 0.4) is 0 Å². The number of rotatable bonds is 5. The van der Waals surface area contributed by atoms with E-state index in [2.05, 4.69) is 10.1 Å². The average molecular weight is 405 g/mol. The first-order valence-corrected chi connectivity index (χ1v) is 9.81. The second kappa shape index (κ2) is 8.36. The van der Waals surface area contributed by atoms with Crippen molar-refractivity contribution in [2.45, 2.75) is 12.8 Å². The molecule has 1 unspecified atom stereocenters. The van der Waals surface area contributed by atoms with E-state index in [0.717, 1.165) is 17.9 Å². The molecule has 2 aromatic heterocycles. The Labute approximate surface area is 174 Å². The molecule has 0 aliphatic carbocycles. The van der Waals surface area contributed by atoms with Crippen molar-refractivity contribution in [3.05, 3.63) is 66.1 Å². The van der Waals surface area contributed by atoms with Gasteiger partial charge in [0, 0.05) is 25.2 Å². The summed E-state index contributed by atoms with van der Waals surface area (Å²) in [5.74, 6) is 0.446. The summed E-state index contributed by atoms with van der Waals surface area (Å²) in [6.07, 6.45) is 4.55. The molecule has 0 bridgehead atoms. The Morgan fingerprint density at radius 3 is 2.67 bits per heavy atom. The van der Waals surface area contributed by atoms with Gasteiger partial charge in [-0.2, -0.15) is 5.10 Å². The molecule has 1 amide bonds. The minimum absolute atomic E-state index is 0.0919. The summed E-state index contributed by atoms with van der Waals surface area (Å²) in [5, 5.41) is 4.30. The van der Waals surface area contributed by atoms with Gasteiger partial charge in [0.05, 0.1) is 24.6 Å². The number of hydrogen-bond donors (Lipinski definition) is 1. The summed E-state index contributed by atoms with van der Waals surface area (Å²) in [5.41, 5.74) is 7.76. The van der Waals surface area contributed by atoms with Crippen LogP contribution in [-0.4, -0.2) is 51.6 Å². The number of methoxy groups -OCH3 is 1. The highest BCUT2D eigenvalue weighted by Crippen LogP contribution is 2.26. The monoisotopic (exact) mass is 405 g/mol. The molecule has 3 aromatic rings. The highest BCUT2D eigenvalue weighted by molar-refractivity contribution is 6.02. The number of anilines is 1. The van der Waals surface area contributed by atoms with Crippen molar-refractivity contribution in [1.82, 2.24) is 19.7 Å². The van der Waals surface area contributed by atoms with Crippen LogP contribution in [0.1, 0.15) is 33.7 Å². The van der Waals surface area contributed by atoms with Gasteiger partial charge >= 0.3 is 0 Å². The molecule has 1 atom stereocenters. The Morgan fingerprint density at radius 2 is 1.97 bits per heavy atom. The number of likely N-dealkylation sites (tertiary alicyclic amines) is 1. The van der Waals surface area contributed by atoms with Crippen LogP contribution < -0.4 is 10.5 Å². The maximum atomic E-state index is 13.2. The molecule has 154 valence electrons. The Kier molecular flexibility index (Phi) is 5.47. The van der Waals surface area contributed by atoms with Crippen molar-refractivity contribution in [3.8, 4) is 11.4 Å². The lowest BCUT2D eigenvalue weighted by Gasteiger charge is -2.31. The van der Waals surface area contributed by atoms with Crippen molar-refractivity contribution in [3.63, 3.8) is 0 Å². The largest absolute Gasteiger partial charge is 0.497 e. The van der Waals surface area contributed by atoms with Gasteiger partial charge in [0.1, 0.15) is 17.3 Å². The third-order valence-electron chi connectivity index (χ3n) is 5.35. The predicted octanol–water partition coefficient (Wildman–Crippen LogP) is 2.59. The van der Waals surface area contributed by atoms with E-state index in [1.165, 1.54) is 10.9 Å². The number of carbonyl (C=O) groups is 2. The number of Topliss-reactive ketones (excluding diaryl/α,β-unsaturated/α-hetero) is 1. The summed E-state index contributed by atoms with van der Waals surface area (Å²) in [6, 6.07) is 12.5. The van der Waals surface area contributed by atoms with Gasteiger partial charge in [-0.1, -0.05) is 6.07 Å². The molecule has 1 saturated heterocycles. The van der Waals surface area contributed by atoms with E-state index in [-0.39, 0.29) is 17.6 Å². The summed E-state index contributed by atoms with van der Waals surface area (Å²) in [7, 11) is 1.60. The van der Waals surface area contributed by atoms with Crippen LogP contribution in [0.15, 0.2) is 54.9 Å². The molecular weight excluding hydrogens is 382 g/mol. The first-order valence-electron chi connectivity index (χ1n) is 9.81. The Bertz CT molecular complexity index is 1050. The summed E-state index contributed by atoms with van der Waals surface area (Å²) >= 11 is 0. The highest BCUT2D eigenvalue weighted by atomic mass is 16.5. The third-order valence-corrected chi connectivity index (χ3v) is 5.35. The van der Waals surface area contributed by atoms with Crippen molar-refractivity contribution in [2.24, 2.45) is 5.92 Å². The van der Waals surface area contributed by atoms with Gasteiger partial charge in [0.2, 0.25) is 0 Å². The van der Waals surface area contributed by atoms with Crippen LogP contribution in [0.4, 0.5) is 5.82 Å². The number of ether oxygens (including phenoxy) is 1. The van der Waals surface area contributed by atoms with Crippen LogP contribution in [0.25, 0.3) is 5.69 Å². The quantitative estimate of drug-likeness (QED) is 0.655. The minimum Gasteiger partial charge on any atom is -0.497 e. The smallest absolute Gasteiger partial charge is 0.272 e. The maximum Gasteiger partial charge on any atom is 0.272 e. The molecule has 8 nitrogen and oxygen atoms in total. The molecule has 2 N–H and O–H groups in total. The zero-order valence-corrected chi connectivity index (χ0v) is 16.7. The highest BCUT2D eigenvalue weighted by Gasteiger charge is 2.31. The van der Waals surface area contributed by atoms with Gasteiger partial charge in [-0.15, -0.1) is 0 Å². The Morgan fingerprint density at radius 1 is 1.17 bits per heavy atom. The molecule has 1 aliphatic rings. The van der Waals surface area contributed by atoms with Gasteiger partial charge in [-0.25, -0.2) is 4.68 Å². The number of carbonyl (C=O) groups excluding carboxylic acids is 2. The van der Waals surface area contributed by atoms with Gasteiger partial charge in [-0.3, -0.25) is 14.6 Å². The molecule has 4 rings (SSSR count). The summed E-state index contributed by atoms with van der Waals surface area (Å²) in [4.78, 5) is 31.7. The van der Waals surface area contributed by atoms with Crippen LogP contribution in [0.2, 0.25) is 0 Å². The molecule has 3 heterocycles. The molecule has 1 fully saturated rings. The van der Waals surface area contributed by atoms with Crippen molar-refractivity contribution >= 4 is 17.5 Å². The third kappa shape index (κ3) is 3.76. The van der Waals surface area contributed by atoms with E-state index in [9.17, 15) is 9.59 Å². The zero-order valence-electron chi connectivity index (χ0n) is 16.7. The first-order chi connectivity index (χ1) is 14.6. The second-order valence-corrected chi connectivity index (χ2v) is 7.22. The molecule has 0 spiro atoms. The zero-order chi connectivity index (χ0) is 21.1. The van der Waals surface area contributed by atoms with Gasteiger partial charge < -0.3 is 15.4 Å². The average Bonchev–Trinajstić information content (AvgIpc) is 3.20. The SMILES string of the molecule is COc1ccc(-n2ncc(C(=O)C3CCCN(C(=O)c4ccccn4)C3)c2N)cc1. The van der Waals surface area contributed by atoms with Crippen LogP contribution in [0, 0.1) is 5.92 Å². The van der Waals surface area contributed by atoms with E-state index in [1.807, 2.05) is 12.1 Å². The van der Waals surface area contributed by atoms with Crippen LogP contribution >= 0.6 is 0 Å². The summed E-state index contributed by atoms with van der Waals surface area (Å²) in [6.45, 7) is 0.960. The van der Waals surface area contributed by atoms with Crippen molar-refractivity contribution < 1.29 is 14.3 Å². The maximum absolute atomic E-state index is 13.2. The fourth-order valence-electron chi connectivity index (χ4n) is 3.72. The molecule has 30 heavy (non-hydrogen) atoms. The fourth-order valence-corrected chi connectivity index (χ4v) is 3.72. The first kappa shape index (κ1) is 19.6. The second-order valence-electron chi connectivity index (χ2n) is 7.22. The van der Waals surface area contributed by atoms with Crippen LogP contribution in [0.5, 0.6) is 5.75 Å². The van der Waals surface area contributed by atoms with E-state index < -0.39 is 0 Å². The molecule has 8 heteroatoms. The van der Waals surface area contributed by atoms with E-state index in [4.69, 9.17) is 10.5 Å². The van der Waals surface area contributed by atoms with Crippen LogP contribution in [-0.2, 0) is 0 Å². The minimum atomic E-state index is -0.317. The number of nitrogens with zero attached hydrogens (tertiary/aromatic N) is 4. The topological polar surface area (TPSA) is 103 Å². The normalized spacial score (nSPS) is 16.3. The van der Waals surface area contributed by atoms with Crippen molar-refractivity contribution in [2.75, 3.05) is 25.9 Å². The number of pyridine rings is 1. The van der Waals surface area contributed by atoms with Gasteiger partial charge in [0.25, 0.3) is 5.91 Å². The van der Waals surface area contributed by atoms with E-state index in [0.29, 0.717) is 36.6 Å². The molecule has 1 aromatic carbocycles. The number of aromatic nitrogens is 3. The lowest BCUT2D eigenvalue weighted by Crippen LogP contribution is -2.42. The lowest BCUT2D eigenvalue weighted by atomic mass is 9.90.